The van der Waals surface area contributed by atoms with Gasteiger partial charge < -0.3 is 14.9 Å². The Kier molecular flexibility index (Phi) is 4.56. The molecular formula is C15H22N2O2. The molecule has 0 spiro atoms. The van der Waals surface area contributed by atoms with Crippen LogP contribution in [0.4, 0.5) is 0 Å². The van der Waals surface area contributed by atoms with E-state index >= 15 is 0 Å². The van der Waals surface area contributed by atoms with Crippen LogP contribution in [0.15, 0.2) is 24.3 Å². The minimum atomic E-state index is -0.859. The highest BCUT2D eigenvalue weighted by atomic mass is 16.4. The van der Waals surface area contributed by atoms with Gasteiger partial charge in [-0.2, -0.15) is 0 Å². The van der Waals surface area contributed by atoms with Gasteiger partial charge in [-0.25, -0.2) is 4.79 Å². The molecule has 4 nitrogen and oxygen atoms in total. The lowest BCUT2D eigenvalue weighted by atomic mass is 10.1. The van der Waals surface area contributed by atoms with Gasteiger partial charge >= 0.3 is 5.97 Å². The van der Waals surface area contributed by atoms with Crippen LogP contribution in [0.25, 0.3) is 0 Å². The SMILES string of the molecule is CN1CCC(CN(C)Cc2cccc(C(=O)O)c2)C1. The van der Waals surface area contributed by atoms with E-state index in [0.29, 0.717) is 5.56 Å². The topological polar surface area (TPSA) is 43.8 Å². The third-order valence-electron chi connectivity index (χ3n) is 3.69. The Morgan fingerprint density at radius 2 is 2.32 bits per heavy atom. The molecule has 1 aromatic rings. The Balaban J connectivity index is 1.89. The van der Waals surface area contributed by atoms with Gasteiger partial charge in [0.2, 0.25) is 0 Å². The number of aromatic carboxylic acids is 1. The minimum absolute atomic E-state index is 0.367. The van der Waals surface area contributed by atoms with E-state index in [1.807, 2.05) is 12.1 Å². The summed E-state index contributed by atoms with van der Waals surface area (Å²) in [6.07, 6.45) is 1.26. The highest BCUT2D eigenvalue weighted by Gasteiger charge is 2.20. The summed E-state index contributed by atoms with van der Waals surface area (Å²) < 4.78 is 0. The summed E-state index contributed by atoms with van der Waals surface area (Å²) in [5.74, 6) is -0.125. The van der Waals surface area contributed by atoms with Crippen molar-refractivity contribution in [2.24, 2.45) is 5.92 Å². The number of hydrogen-bond acceptors (Lipinski definition) is 3. The zero-order valence-electron chi connectivity index (χ0n) is 11.7. The highest BCUT2D eigenvalue weighted by Crippen LogP contribution is 2.16. The lowest BCUT2D eigenvalue weighted by Gasteiger charge is -2.21. The molecule has 1 atom stereocenters. The Morgan fingerprint density at radius 1 is 1.53 bits per heavy atom. The van der Waals surface area contributed by atoms with Crippen LogP contribution in [0.2, 0.25) is 0 Å². The fraction of sp³-hybridized carbons (Fsp3) is 0.533. The normalized spacial score (nSPS) is 20.1. The Bertz CT molecular complexity index is 448. The Morgan fingerprint density at radius 3 is 2.95 bits per heavy atom. The van der Waals surface area contributed by atoms with E-state index < -0.39 is 5.97 Å². The summed E-state index contributed by atoms with van der Waals surface area (Å²) in [4.78, 5) is 15.6. The van der Waals surface area contributed by atoms with Gasteiger partial charge in [0.05, 0.1) is 5.56 Å². The monoisotopic (exact) mass is 262 g/mol. The Hall–Kier alpha value is -1.39. The quantitative estimate of drug-likeness (QED) is 0.878. The number of rotatable bonds is 5. The van der Waals surface area contributed by atoms with Crippen molar-refractivity contribution >= 4 is 5.97 Å². The zero-order valence-corrected chi connectivity index (χ0v) is 11.7. The van der Waals surface area contributed by atoms with Crippen molar-refractivity contribution in [2.75, 3.05) is 33.7 Å². The molecule has 0 radical (unpaired) electrons. The van der Waals surface area contributed by atoms with E-state index in [1.165, 1.54) is 19.5 Å². The Labute approximate surface area is 114 Å². The van der Waals surface area contributed by atoms with Gasteiger partial charge in [0.15, 0.2) is 0 Å². The van der Waals surface area contributed by atoms with Gasteiger partial charge in [-0.05, 0) is 50.7 Å². The van der Waals surface area contributed by atoms with Crippen LogP contribution in [0.3, 0.4) is 0 Å². The van der Waals surface area contributed by atoms with Gasteiger partial charge in [0, 0.05) is 19.6 Å². The van der Waals surface area contributed by atoms with Crippen molar-refractivity contribution in [1.29, 1.82) is 0 Å². The second kappa shape index (κ2) is 6.17. The van der Waals surface area contributed by atoms with E-state index in [9.17, 15) is 4.79 Å². The van der Waals surface area contributed by atoms with Crippen LogP contribution in [0.1, 0.15) is 22.3 Å². The average molecular weight is 262 g/mol. The van der Waals surface area contributed by atoms with Crippen LogP contribution in [-0.2, 0) is 6.54 Å². The predicted molar refractivity (Wildman–Crippen MR) is 75.3 cm³/mol. The maximum Gasteiger partial charge on any atom is 0.335 e. The van der Waals surface area contributed by atoms with Gasteiger partial charge in [0.25, 0.3) is 0 Å². The van der Waals surface area contributed by atoms with E-state index in [2.05, 4.69) is 23.9 Å². The van der Waals surface area contributed by atoms with Crippen LogP contribution in [-0.4, -0.2) is 54.6 Å². The largest absolute Gasteiger partial charge is 0.478 e. The summed E-state index contributed by atoms with van der Waals surface area (Å²) in [5.41, 5.74) is 1.43. The fourth-order valence-electron chi connectivity index (χ4n) is 2.80. The molecule has 1 unspecified atom stereocenters. The molecule has 1 fully saturated rings. The number of benzene rings is 1. The number of carboxylic acid groups (broad SMARTS) is 1. The number of hydrogen-bond donors (Lipinski definition) is 1. The van der Waals surface area contributed by atoms with Crippen LogP contribution in [0.5, 0.6) is 0 Å². The number of nitrogens with zero attached hydrogens (tertiary/aromatic N) is 2. The first-order chi connectivity index (χ1) is 9.04. The molecule has 104 valence electrons. The van der Waals surface area contributed by atoms with E-state index in [0.717, 1.165) is 24.6 Å². The smallest absolute Gasteiger partial charge is 0.335 e. The summed E-state index contributed by atoms with van der Waals surface area (Å²) in [5, 5.41) is 8.98. The molecule has 0 saturated carbocycles. The summed E-state index contributed by atoms with van der Waals surface area (Å²) in [6.45, 7) is 4.23. The van der Waals surface area contributed by atoms with E-state index in [-0.39, 0.29) is 0 Å². The van der Waals surface area contributed by atoms with Gasteiger partial charge in [-0.1, -0.05) is 12.1 Å². The number of carbonyl (C=O) groups is 1. The molecular weight excluding hydrogens is 240 g/mol. The van der Waals surface area contributed by atoms with Crippen LogP contribution in [0, 0.1) is 5.92 Å². The molecule has 0 amide bonds. The van der Waals surface area contributed by atoms with Crippen LogP contribution >= 0.6 is 0 Å². The van der Waals surface area contributed by atoms with E-state index in [1.54, 1.807) is 12.1 Å². The van der Waals surface area contributed by atoms with Crippen molar-refractivity contribution in [3.8, 4) is 0 Å². The highest BCUT2D eigenvalue weighted by molar-refractivity contribution is 5.87. The molecule has 1 N–H and O–H groups in total. The number of likely N-dealkylation sites (tertiary alicyclic amines) is 1. The molecule has 19 heavy (non-hydrogen) atoms. The molecule has 0 bridgehead atoms. The first kappa shape index (κ1) is 14.0. The molecule has 0 aromatic heterocycles. The second-order valence-corrected chi connectivity index (χ2v) is 5.62. The predicted octanol–water partition coefficient (Wildman–Crippen LogP) is 1.77. The van der Waals surface area contributed by atoms with E-state index in [4.69, 9.17) is 5.11 Å². The molecule has 4 heteroatoms. The molecule has 0 aliphatic carbocycles. The van der Waals surface area contributed by atoms with Gasteiger partial charge in [0.1, 0.15) is 0 Å². The third kappa shape index (κ3) is 4.04. The van der Waals surface area contributed by atoms with Crippen molar-refractivity contribution < 1.29 is 9.90 Å². The van der Waals surface area contributed by atoms with Gasteiger partial charge in [-0.3, -0.25) is 0 Å². The molecule has 1 aromatic carbocycles. The third-order valence-corrected chi connectivity index (χ3v) is 3.69. The molecule has 1 aliphatic heterocycles. The van der Waals surface area contributed by atoms with Crippen molar-refractivity contribution in [2.45, 2.75) is 13.0 Å². The van der Waals surface area contributed by atoms with Crippen molar-refractivity contribution in [1.82, 2.24) is 9.80 Å². The summed E-state index contributed by atoms with van der Waals surface area (Å²) >= 11 is 0. The summed E-state index contributed by atoms with van der Waals surface area (Å²) in [6, 6.07) is 7.21. The summed E-state index contributed by atoms with van der Waals surface area (Å²) in [7, 11) is 4.27. The molecule has 1 saturated heterocycles. The molecule has 1 heterocycles. The lowest BCUT2D eigenvalue weighted by molar-refractivity contribution is 0.0696. The molecule has 2 rings (SSSR count). The van der Waals surface area contributed by atoms with Gasteiger partial charge in [-0.15, -0.1) is 0 Å². The zero-order chi connectivity index (χ0) is 13.8. The average Bonchev–Trinajstić information content (AvgIpc) is 2.74. The first-order valence-corrected chi connectivity index (χ1v) is 6.74. The molecule has 1 aliphatic rings. The van der Waals surface area contributed by atoms with Crippen molar-refractivity contribution in [3.63, 3.8) is 0 Å². The maximum atomic E-state index is 10.9. The van der Waals surface area contributed by atoms with Crippen molar-refractivity contribution in [3.05, 3.63) is 35.4 Å². The lowest BCUT2D eigenvalue weighted by Crippen LogP contribution is -2.27. The standard InChI is InChI=1S/C15H22N2O2/c1-16-7-6-13(10-16)11-17(2)9-12-4-3-5-14(8-12)15(18)19/h3-5,8,13H,6-7,9-11H2,1-2H3,(H,18,19). The first-order valence-electron chi connectivity index (χ1n) is 6.74. The minimum Gasteiger partial charge on any atom is -0.478 e. The second-order valence-electron chi connectivity index (χ2n) is 5.62. The maximum absolute atomic E-state index is 10.9. The van der Waals surface area contributed by atoms with Crippen LogP contribution < -0.4 is 0 Å². The number of carboxylic acids is 1. The fourth-order valence-corrected chi connectivity index (χ4v) is 2.80.